The van der Waals surface area contributed by atoms with Gasteiger partial charge in [0.15, 0.2) is 0 Å². The molecule has 0 aliphatic heterocycles. The van der Waals surface area contributed by atoms with Crippen molar-refractivity contribution in [1.82, 2.24) is 9.97 Å². The summed E-state index contributed by atoms with van der Waals surface area (Å²) >= 11 is 0. The van der Waals surface area contributed by atoms with E-state index in [4.69, 9.17) is 10.2 Å². The number of aliphatic hydroxyl groups excluding tert-OH is 2. The van der Waals surface area contributed by atoms with Crippen LogP contribution in [0, 0.1) is 0 Å². The highest BCUT2D eigenvalue weighted by atomic mass is 16.3. The average Bonchev–Trinajstić information content (AvgIpc) is 2.25. The van der Waals surface area contributed by atoms with Gasteiger partial charge in [0.1, 0.15) is 5.82 Å². The molecule has 5 nitrogen and oxygen atoms in total. The maximum Gasteiger partial charge on any atom is 0.147 e. The maximum absolute atomic E-state index is 8.94. The summed E-state index contributed by atoms with van der Waals surface area (Å²) in [5, 5.41) is 17.9. The van der Waals surface area contributed by atoms with Gasteiger partial charge in [0, 0.05) is 12.6 Å². The van der Waals surface area contributed by atoms with Gasteiger partial charge in [-0.1, -0.05) is 0 Å². The van der Waals surface area contributed by atoms with Gasteiger partial charge in [-0.2, -0.15) is 0 Å². The minimum Gasteiger partial charge on any atom is -0.395 e. The molecule has 1 heterocycles. The van der Waals surface area contributed by atoms with E-state index in [1.54, 1.807) is 6.20 Å². The van der Waals surface area contributed by atoms with E-state index in [9.17, 15) is 0 Å². The summed E-state index contributed by atoms with van der Waals surface area (Å²) in [6.07, 6.45) is 3.16. The summed E-state index contributed by atoms with van der Waals surface area (Å²) in [7, 11) is 0. The lowest BCUT2D eigenvalue weighted by Gasteiger charge is -2.26. The second-order valence-electron chi connectivity index (χ2n) is 3.54. The number of anilines is 1. The maximum atomic E-state index is 8.94. The Labute approximate surface area is 89.4 Å². The number of nitrogens with zero attached hydrogens (tertiary/aromatic N) is 3. The first-order valence-corrected chi connectivity index (χ1v) is 4.98. The molecule has 5 heteroatoms. The molecule has 0 bridgehead atoms. The molecule has 0 atom stereocenters. The third-order valence-electron chi connectivity index (χ3n) is 2.09. The molecule has 0 aromatic carbocycles. The molecule has 1 aromatic heterocycles. The SMILES string of the molecule is CC(C)N(CCO)c1cncc(CO)n1. The van der Waals surface area contributed by atoms with Gasteiger partial charge < -0.3 is 15.1 Å². The van der Waals surface area contributed by atoms with Crippen LogP contribution in [0.4, 0.5) is 5.82 Å². The molecule has 0 saturated carbocycles. The molecule has 0 radical (unpaired) electrons. The van der Waals surface area contributed by atoms with E-state index in [1.165, 1.54) is 6.20 Å². The van der Waals surface area contributed by atoms with Crippen molar-refractivity contribution in [2.75, 3.05) is 18.1 Å². The molecule has 0 saturated heterocycles. The van der Waals surface area contributed by atoms with E-state index in [0.29, 0.717) is 18.1 Å². The Morgan fingerprint density at radius 2 is 2.07 bits per heavy atom. The van der Waals surface area contributed by atoms with Crippen molar-refractivity contribution < 1.29 is 10.2 Å². The first kappa shape index (κ1) is 11.9. The number of aromatic nitrogens is 2. The van der Waals surface area contributed by atoms with Gasteiger partial charge in [0.05, 0.1) is 31.3 Å². The molecule has 0 amide bonds. The van der Waals surface area contributed by atoms with Crippen LogP contribution in [-0.4, -0.2) is 39.4 Å². The molecule has 0 aliphatic rings. The Bertz CT molecular complexity index is 304. The third-order valence-corrected chi connectivity index (χ3v) is 2.09. The summed E-state index contributed by atoms with van der Waals surface area (Å²) in [5.74, 6) is 0.686. The van der Waals surface area contributed by atoms with Crippen LogP contribution in [0.5, 0.6) is 0 Å². The third kappa shape index (κ3) is 3.14. The van der Waals surface area contributed by atoms with Crippen LogP contribution in [0.1, 0.15) is 19.5 Å². The smallest absolute Gasteiger partial charge is 0.147 e. The molecule has 1 rings (SSSR count). The van der Waals surface area contributed by atoms with E-state index in [1.807, 2.05) is 18.7 Å². The number of hydrogen-bond acceptors (Lipinski definition) is 5. The van der Waals surface area contributed by atoms with Gasteiger partial charge in [-0.15, -0.1) is 0 Å². The normalized spacial score (nSPS) is 10.7. The summed E-state index contributed by atoms with van der Waals surface area (Å²) in [6, 6.07) is 0.236. The van der Waals surface area contributed by atoms with Crippen LogP contribution in [0.15, 0.2) is 12.4 Å². The lowest BCUT2D eigenvalue weighted by Crippen LogP contribution is -2.34. The predicted octanol–water partition coefficient (Wildman–Crippen LogP) is 0.176. The van der Waals surface area contributed by atoms with Gasteiger partial charge in [0.25, 0.3) is 0 Å². The number of aliphatic hydroxyl groups is 2. The van der Waals surface area contributed by atoms with Crippen molar-refractivity contribution in [3.63, 3.8) is 0 Å². The van der Waals surface area contributed by atoms with Crippen molar-refractivity contribution >= 4 is 5.82 Å². The minimum absolute atomic E-state index is 0.0726. The summed E-state index contributed by atoms with van der Waals surface area (Å²) in [5.41, 5.74) is 0.538. The van der Waals surface area contributed by atoms with Gasteiger partial charge >= 0.3 is 0 Å². The van der Waals surface area contributed by atoms with Crippen molar-refractivity contribution in [3.05, 3.63) is 18.1 Å². The van der Waals surface area contributed by atoms with Crippen LogP contribution in [0.3, 0.4) is 0 Å². The molecule has 84 valence electrons. The van der Waals surface area contributed by atoms with Crippen LogP contribution in [0.2, 0.25) is 0 Å². The minimum atomic E-state index is -0.119. The molecule has 15 heavy (non-hydrogen) atoms. The average molecular weight is 211 g/mol. The van der Waals surface area contributed by atoms with Crippen molar-refractivity contribution in [1.29, 1.82) is 0 Å². The van der Waals surface area contributed by atoms with E-state index in [0.717, 1.165) is 0 Å². The zero-order valence-electron chi connectivity index (χ0n) is 9.09. The Kier molecular flexibility index (Phi) is 4.45. The fourth-order valence-electron chi connectivity index (χ4n) is 1.35. The first-order valence-electron chi connectivity index (χ1n) is 4.98. The second-order valence-corrected chi connectivity index (χ2v) is 3.54. The molecule has 0 unspecified atom stereocenters. The number of rotatable bonds is 5. The highest BCUT2D eigenvalue weighted by molar-refractivity contribution is 5.37. The van der Waals surface area contributed by atoms with Crippen LogP contribution < -0.4 is 4.90 Å². The topological polar surface area (TPSA) is 69.5 Å². The largest absolute Gasteiger partial charge is 0.395 e. The van der Waals surface area contributed by atoms with E-state index >= 15 is 0 Å². The second kappa shape index (κ2) is 5.63. The standard InChI is InChI=1S/C10H17N3O2/c1-8(2)13(3-4-14)10-6-11-5-9(7-15)12-10/h5-6,8,14-15H,3-4,7H2,1-2H3. The highest BCUT2D eigenvalue weighted by Crippen LogP contribution is 2.12. The molecular formula is C10H17N3O2. The van der Waals surface area contributed by atoms with Gasteiger partial charge in [0.2, 0.25) is 0 Å². The summed E-state index contributed by atoms with van der Waals surface area (Å²) in [6.45, 7) is 4.50. The Balaban J connectivity index is 2.89. The predicted molar refractivity (Wildman–Crippen MR) is 57.5 cm³/mol. The lowest BCUT2D eigenvalue weighted by molar-refractivity contribution is 0.276. The van der Waals surface area contributed by atoms with Crippen LogP contribution in [-0.2, 0) is 6.61 Å². The Morgan fingerprint density at radius 1 is 1.33 bits per heavy atom. The molecule has 0 spiro atoms. The molecular weight excluding hydrogens is 194 g/mol. The van der Waals surface area contributed by atoms with Crippen molar-refractivity contribution in [2.24, 2.45) is 0 Å². The molecule has 1 aromatic rings. The fourth-order valence-corrected chi connectivity index (χ4v) is 1.35. The Hall–Kier alpha value is -1.20. The van der Waals surface area contributed by atoms with Gasteiger partial charge in [-0.05, 0) is 13.8 Å². The van der Waals surface area contributed by atoms with E-state index < -0.39 is 0 Å². The number of hydrogen-bond donors (Lipinski definition) is 2. The zero-order valence-corrected chi connectivity index (χ0v) is 9.09. The van der Waals surface area contributed by atoms with Crippen molar-refractivity contribution in [3.8, 4) is 0 Å². The summed E-state index contributed by atoms with van der Waals surface area (Å²) in [4.78, 5) is 10.2. The van der Waals surface area contributed by atoms with Gasteiger partial charge in [-0.25, -0.2) is 4.98 Å². The van der Waals surface area contributed by atoms with Crippen LogP contribution in [0.25, 0.3) is 0 Å². The Morgan fingerprint density at radius 3 is 2.60 bits per heavy atom. The fraction of sp³-hybridized carbons (Fsp3) is 0.600. The molecule has 0 fully saturated rings. The first-order chi connectivity index (χ1) is 7.19. The molecule has 0 aliphatic carbocycles. The lowest BCUT2D eigenvalue weighted by atomic mass is 10.3. The van der Waals surface area contributed by atoms with E-state index in [2.05, 4.69) is 9.97 Å². The highest BCUT2D eigenvalue weighted by Gasteiger charge is 2.11. The van der Waals surface area contributed by atoms with E-state index in [-0.39, 0.29) is 19.3 Å². The zero-order chi connectivity index (χ0) is 11.3. The quantitative estimate of drug-likeness (QED) is 0.727. The summed E-state index contributed by atoms with van der Waals surface area (Å²) < 4.78 is 0. The monoisotopic (exact) mass is 211 g/mol. The van der Waals surface area contributed by atoms with Crippen molar-refractivity contribution in [2.45, 2.75) is 26.5 Å². The molecule has 2 N–H and O–H groups in total. The van der Waals surface area contributed by atoms with Crippen LogP contribution >= 0.6 is 0 Å². The van der Waals surface area contributed by atoms with Gasteiger partial charge in [-0.3, -0.25) is 4.98 Å².